The predicted octanol–water partition coefficient (Wildman–Crippen LogP) is 3.50. The third kappa shape index (κ3) is 5.99. The summed E-state index contributed by atoms with van der Waals surface area (Å²) < 4.78 is 38.5. The number of amides is 1. The summed E-state index contributed by atoms with van der Waals surface area (Å²) in [6, 6.07) is 20.6. The molecule has 31 heavy (non-hydrogen) atoms. The van der Waals surface area contributed by atoms with Gasteiger partial charge in [0, 0.05) is 17.8 Å². The van der Waals surface area contributed by atoms with Gasteiger partial charge in [-0.2, -0.15) is 0 Å². The minimum absolute atomic E-state index is 0.113. The first kappa shape index (κ1) is 22.2. The van der Waals surface area contributed by atoms with Gasteiger partial charge in [0.2, 0.25) is 0 Å². The average molecular weight is 441 g/mol. The van der Waals surface area contributed by atoms with E-state index in [4.69, 9.17) is 9.47 Å². The summed E-state index contributed by atoms with van der Waals surface area (Å²) in [7, 11) is -2.15. The molecule has 0 bridgehead atoms. The van der Waals surface area contributed by atoms with Gasteiger partial charge in [0.25, 0.3) is 15.9 Å². The molecule has 2 N–H and O–H groups in total. The molecule has 0 fully saturated rings. The van der Waals surface area contributed by atoms with Crippen LogP contribution in [0.2, 0.25) is 0 Å². The number of rotatable bonds is 9. The zero-order valence-corrected chi connectivity index (χ0v) is 18.1. The van der Waals surface area contributed by atoms with Crippen LogP contribution < -0.4 is 19.5 Å². The summed E-state index contributed by atoms with van der Waals surface area (Å²) in [5, 5.41) is 2.78. The fraction of sp³-hybridized carbons (Fsp3) is 0.174. The van der Waals surface area contributed by atoms with E-state index < -0.39 is 10.0 Å². The monoisotopic (exact) mass is 440 g/mol. The van der Waals surface area contributed by atoms with Gasteiger partial charge in [-0.3, -0.25) is 9.52 Å². The van der Waals surface area contributed by atoms with E-state index in [0.717, 1.165) is 5.56 Å². The van der Waals surface area contributed by atoms with Crippen LogP contribution in [0.1, 0.15) is 11.1 Å². The molecule has 8 heteroatoms. The summed E-state index contributed by atoms with van der Waals surface area (Å²) >= 11 is 0. The second-order valence-electron chi connectivity index (χ2n) is 6.78. The van der Waals surface area contributed by atoms with Crippen LogP contribution in [0.5, 0.6) is 11.5 Å². The van der Waals surface area contributed by atoms with Crippen molar-refractivity contribution < 1.29 is 22.7 Å². The van der Waals surface area contributed by atoms with Gasteiger partial charge in [0.15, 0.2) is 6.61 Å². The van der Waals surface area contributed by atoms with Gasteiger partial charge >= 0.3 is 0 Å². The SMILES string of the molecule is COc1ccccc1CNC(=O)COc1ccc(S(=O)(=O)Nc2ccccc2)cc1C. The van der Waals surface area contributed by atoms with Crippen LogP contribution in [0.15, 0.2) is 77.7 Å². The number of hydrogen-bond acceptors (Lipinski definition) is 5. The standard InChI is InChI=1S/C23H24N2O5S/c1-17-14-20(31(27,28)25-19-9-4-3-5-10-19)12-13-21(17)30-16-23(26)24-15-18-8-6-7-11-22(18)29-2/h3-14,25H,15-16H2,1-2H3,(H,24,26). The van der Waals surface area contributed by atoms with Crippen LogP contribution in [0.3, 0.4) is 0 Å². The van der Waals surface area contributed by atoms with Crippen LogP contribution in [0, 0.1) is 6.92 Å². The third-order valence-electron chi connectivity index (χ3n) is 4.51. The number of carbonyl (C=O) groups excluding carboxylic acids is 1. The summed E-state index contributed by atoms with van der Waals surface area (Å²) in [6.45, 7) is 1.85. The molecule has 0 spiro atoms. The normalized spacial score (nSPS) is 10.9. The molecule has 0 saturated heterocycles. The van der Waals surface area contributed by atoms with Crippen molar-refractivity contribution >= 4 is 21.6 Å². The summed E-state index contributed by atoms with van der Waals surface area (Å²) in [5.74, 6) is 0.833. The number of nitrogens with one attached hydrogen (secondary N) is 2. The van der Waals surface area contributed by atoms with E-state index >= 15 is 0 Å². The molecule has 0 aromatic heterocycles. The Balaban J connectivity index is 1.58. The zero-order chi connectivity index (χ0) is 22.3. The molecular formula is C23H24N2O5S. The van der Waals surface area contributed by atoms with Crippen molar-refractivity contribution in [1.29, 1.82) is 0 Å². The van der Waals surface area contributed by atoms with Gasteiger partial charge in [0.05, 0.1) is 12.0 Å². The quantitative estimate of drug-likeness (QED) is 0.531. The summed E-state index contributed by atoms with van der Waals surface area (Å²) in [5.41, 5.74) is 1.94. The highest BCUT2D eigenvalue weighted by atomic mass is 32.2. The Morgan fingerprint density at radius 2 is 1.65 bits per heavy atom. The number of methoxy groups -OCH3 is 1. The molecular weight excluding hydrogens is 416 g/mol. The van der Waals surface area contributed by atoms with Crippen molar-refractivity contribution in [3.63, 3.8) is 0 Å². The first-order valence-corrected chi connectivity index (χ1v) is 11.1. The Morgan fingerprint density at radius 3 is 2.35 bits per heavy atom. The number of hydrogen-bond donors (Lipinski definition) is 2. The van der Waals surface area contributed by atoms with Crippen LogP contribution in [-0.4, -0.2) is 28.0 Å². The molecule has 1 amide bonds. The van der Waals surface area contributed by atoms with Crippen molar-refractivity contribution in [1.82, 2.24) is 5.32 Å². The smallest absolute Gasteiger partial charge is 0.261 e. The molecule has 0 aliphatic heterocycles. The van der Waals surface area contributed by atoms with Gasteiger partial charge in [-0.15, -0.1) is 0 Å². The van der Waals surface area contributed by atoms with Crippen LogP contribution in [0.25, 0.3) is 0 Å². The first-order chi connectivity index (χ1) is 14.9. The summed E-state index contributed by atoms with van der Waals surface area (Å²) in [6.07, 6.45) is 0. The highest BCUT2D eigenvalue weighted by Crippen LogP contribution is 2.23. The molecule has 0 radical (unpaired) electrons. The Labute approximate surface area is 182 Å². The minimum Gasteiger partial charge on any atom is -0.496 e. The average Bonchev–Trinajstić information content (AvgIpc) is 2.77. The molecule has 0 aliphatic carbocycles. The van der Waals surface area contributed by atoms with E-state index in [-0.39, 0.29) is 17.4 Å². The number of ether oxygens (including phenoxy) is 2. The molecule has 0 atom stereocenters. The second-order valence-corrected chi connectivity index (χ2v) is 8.46. The molecule has 0 unspecified atom stereocenters. The maximum absolute atomic E-state index is 12.6. The number of carbonyl (C=O) groups is 1. The highest BCUT2D eigenvalue weighted by Gasteiger charge is 2.16. The molecule has 0 saturated carbocycles. The number of sulfonamides is 1. The second kappa shape index (κ2) is 9.99. The fourth-order valence-corrected chi connectivity index (χ4v) is 4.05. The number of anilines is 1. The lowest BCUT2D eigenvalue weighted by molar-refractivity contribution is -0.123. The number of aryl methyl sites for hydroxylation is 1. The Hall–Kier alpha value is -3.52. The first-order valence-electron chi connectivity index (χ1n) is 9.59. The zero-order valence-electron chi connectivity index (χ0n) is 17.3. The van der Waals surface area contributed by atoms with Crippen molar-refractivity contribution in [2.75, 3.05) is 18.4 Å². The van der Waals surface area contributed by atoms with Gasteiger partial charge in [-0.1, -0.05) is 36.4 Å². The number of para-hydroxylation sites is 2. The number of benzene rings is 3. The molecule has 0 heterocycles. The Morgan fingerprint density at radius 1 is 0.935 bits per heavy atom. The molecule has 162 valence electrons. The third-order valence-corrected chi connectivity index (χ3v) is 5.89. The van der Waals surface area contributed by atoms with Gasteiger partial charge < -0.3 is 14.8 Å². The highest BCUT2D eigenvalue weighted by molar-refractivity contribution is 7.92. The Bertz CT molecular complexity index is 1150. The lowest BCUT2D eigenvalue weighted by atomic mass is 10.2. The van der Waals surface area contributed by atoms with Crippen LogP contribution in [0.4, 0.5) is 5.69 Å². The van der Waals surface area contributed by atoms with Crippen molar-refractivity contribution in [3.05, 3.63) is 83.9 Å². The maximum Gasteiger partial charge on any atom is 0.261 e. The molecule has 3 aromatic rings. The largest absolute Gasteiger partial charge is 0.496 e. The minimum atomic E-state index is -3.73. The lowest BCUT2D eigenvalue weighted by Crippen LogP contribution is -2.28. The predicted molar refractivity (Wildman–Crippen MR) is 119 cm³/mol. The van der Waals surface area contributed by atoms with Crippen LogP contribution in [-0.2, 0) is 21.4 Å². The van der Waals surface area contributed by atoms with E-state index in [2.05, 4.69) is 10.0 Å². The fourth-order valence-electron chi connectivity index (χ4n) is 2.91. The van der Waals surface area contributed by atoms with Gasteiger partial charge in [-0.25, -0.2) is 8.42 Å². The van der Waals surface area contributed by atoms with E-state index in [0.29, 0.717) is 29.3 Å². The summed E-state index contributed by atoms with van der Waals surface area (Å²) in [4.78, 5) is 12.3. The van der Waals surface area contributed by atoms with Gasteiger partial charge in [-0.05, 0) is 48.9 Å². The van der Waals surface area contributed by atoms with E-state index in [1.807, 2.05) is 24.3 Å². The maximum atomic E-state index is 12.6. The Kier molecular flexibility index (Phi) is 7.15. The van der Waals surface area contributed by atoms with E-state index in [1.165, 1.54) is 12.1 Å². The van der Waals surface area contributed by atoms with Gasteiger partial charge in [0.1, 0.15) is 11.5 Å². The van der Waals surface area contributed by atoms with Crippen LogP contribution >= 0.6 is 0 Å². The van der Waals surface area contributed by atoms with E-state index in [1.54, 1.807) is 50.4 Å². The topological polar surface area (TPSA) is 93.7 Å². The van der Waals surface area contributed by atoms with Crippen molar-refractivity contribution in [2.24, 2.45) is 0 Å². The lowest BCUT2D eigenvalue weighted by Gasteiger charge is -2.13. The van der Waals surface area contributed by atoms with Crippen molar-refractivity contribution in [3.8, 4) is 11.5 Å². The molecule has 3 aromatic carbocycles. The molecule has 7 nitrogen and oxygen atoms in total. The van der Waals surface area contributed by atoms with Crippen molar-refractivity contribution in [2.45, 2.75) is 18.4 Å². The molecule has 0 aliphatic rings. The van der Waals surface area contributed by atoms with E-state index in [9.17, 15) is 13.2 Å². The molecule has 3 rings (SSSR count).